The second kappa shape index (κ2) is 7.17. The van der Waals surface area contributed by atoms with Gasteiger partial charge in [-0.15, -0.1) is 0 Å². The molecule has 1 amide bonds. The van der Waals surface area contributed by atoms with Crippen LogP contribution in [0, 0.1) is 5.92 Å². The van der Waals surface area contributed by atoms with Crippen molar-refractivity contribution in [3.63, 3.8) is 0 Å². The van der Waals surface area contributed by atoms with Gasteiger partial charge in [-0.05, 0) is 43.7 Å². The van der Waals surface area contributed by atoms with E-state index in [-0.39, 0.29) is 5.91 Å². The van der Waals surface area contributed by atoms with Crippen LogP contribution in [0.25, 0.3) is 0 Å². The van der Waals surface area contributed by atoms with E-state index < -0.39 is 0 Å². The van der Waals surface area contributed by atoms with Crippen LogP contribution in [0.5, 0.6) is 0 Å². The van der Waals surface area contributed by atoms with Crippen LogP contribution in [0.1, 0.15) is 36.0 Å². The number of benzene rings is 1. The van der Waals surface area contributed by atoms with Gasteiger partial charge in [0, 0.05) is 25.3 Å². The molecule has 1 heterocycles. The summed E-state index contributed by atoms with van der Waals surface area (Å²) in [6.07, 6.45) is 4.60. The maximum atomic E-state index is 11.8. The quantitative estimate of drug-likeness (QED) is 0.812. The number of hydrogen-bond donors (Lipinski definition) is 1. The lowest BCUT2D eigenvalue weighted by atomic mass is 9.95. The summed E-state index contributed by atoms with van der Waals surface area (Å²) in [5, 5.41) is 2.97. The Labute approximate surface area is 109 Å². The molecule has 98 valence electrons. The molecule has 3 nitrogen and oxygen atoms in total. The lowest BCUT2D eigenvalue weighted by molar-refractivity contribution is 0.0631. The third-order valence-electron chi connectivity index (χ3n) is 3.45. The van der Waals surface area contributed by atoms with Crippen molar-refractivity contribution in [3.8, 4) is 0 Å². The van der Waals surface area contributed by atoms with Gasteiger partial charge in [0.2, 0.25) is 0 Å². The Kier molecular flexibility index (Phi) is 5.21. The van der Waals surface area contributed by atoms with Gasteiger partial charge in [0.05, 0.1) is 0 Å². The largest absolute Gasteiger partial charge is 0.381 e. The van der Waals surface area contributed by atoms with Gasteiger partial charge in [0.15, 0.2) is 0 Å². The summed E-state index contributed by atoms with van der Waals surface area (Å²) in [6.45, 7) is 2.58. The summed E-state index contributed by atoms with van der Waals surface area (Å²) in [5.41, 5.74) is 0.739. The van der Waals surface area contributed by atoms with Crippen molar-refractivity contribution in [1.82, 2.24) is 5.32 Å². The molecule has 0 atom stereocenters. The fourth-order valence-corrected chi connectivity index (χ4v) is 2.32. The highest BCUT2D eigenvalue weighted by Crippen LogP contribution is 2.19. The Hall–Kier alpha value is -1.35. The van der Waals surface area contributed by atoms with Crippen molar-refractivity contribution in [3.05, 3.63) is 35.9 Å². The van der Waals surface area contributed by atoms with Crippen LogP contribution < -0.4 is 5.32 Å². The molecule has 0 bridgehead atoms. The first kappa shape index (κ1) is 13.1. The lowest BCUT2D eigenvalue weighted by Crippen LogP contribution is -2.25. The standard InChI is InChI=1S/C15H21NO2/c17-15(14-6-2-1-3-7-14)16-10-4-5-13-8-11-18-12-9-13/h1-3,6-7,13H,4-5,8-12H2,(H,16,17). The monoisotopic (exact) mass is 247 g/mol. The van der Waals surface area contributed by atoms with E-state index in [0.29, 0.717) is 0 Å². The van der Waals surface area contributed by atoms with Gasteiger partial charge in [-0.25, -0.2) is 0 Å². The minimum absolute atomic E-state index is 0.0302. The minimum Gasteiger partial charge on any atom is -0.381 e. The fourth-order valence-electron chi connectivity index (χ4n) is 2.32. The van der Waals surface area contributed by atoms with Gasteiger partial charge < -0.3 is 10.1 Å². The number of hydrogen-bond acceptors (Lipinski definition) is 2. The van der Waals surface area contributed by atoms with Crippen molar-refractivity contribution in [2.24, 2.45) is 5.92 Å². The Morgan fingerprint density at radius 2 is 1.94 bits per heavy atom. The Morgan fingerprint density at radius 3 is 2.67 bits per heavy atom. The highest BCUT2D eigenvalue weighted by molar-refractivity contribution is 5.94. The predicted octanol–water partition coefficient (Wildman–Crippen LogP) is 2.62. The second-order valence-electron chi connectivity index (χ2n) is 4.82. The van der Waals surface area contributed by atoms with Gasteiger partial charge in [-0.1, -0.05) is 18.2 Å². The van der Waals surface area contributed by atoms with Crippen molar-refractivity contribution in [2.45, 2.75) is 25.7 Å². The minimum atomic E-state index is 0.0302. The van der Waals surface area contributed by atoms with Gasteiger partial charge >= 0.3 is 0 Å². The molecule has 2 rings (SSSR count). The molecule has 18 heavy (non-hydrogen) atoms. The van der Waals surface area contributed by atoms with Crippen molar-refractivity contribution in [1.29, 1.82) is 0 Å². The molecule has 1 saturated heterocycles. The molecule has 0 aromatic heterocycles. The number of carbonyl (C=O) groups is 1. The Bertz CT molecular complexity index is 358. The Morgan fingerprint density at radius 1 is 1.22 bits per heavy atom. The summed E-state index contributed by atoms with van der Waals surface area (Å²) in [5.74, 6) is 0.815. The average Bonchev–Trinajstić information content (AvgIpc) is 2.45. The van der Waals surface area contributed by atoms with E-state index in [1.807, 2.05) is 30.3 Å². The molecule has 0 spiro atoms. The van der Waals surface area contributed by atoms with Crippen LogP contribution in [0.15, 0.2) is 30.3 Å². The predicted molar refractivity (Wildman–Crippen MR) is 71.6 cm³/mol. The zero-order chi connectivity index (χ0) is 12.6. The number of carbonyl (C=O) groups excluding carboxylic acids is 1. The van der Waals surface area contributed by atoms with Crippen LogP contribution in [0.4, 0.5) is 0 Å². The maximum Gasteiger partial charge on any atom is 0.251 e. The van der Waals surface area contributed by atoms with Gasteiger partial charge in [0.25, 0.3) is 5.91 Å². The molecule has 1 aliphatic heterocycles. The van der Waals surface area contributed by atoms with Crippen LogP contribution in [0.3, 0.4) is 0 Å². The third kappa shape index (κ3) is 4.15. The first-order valence-corrected chi connectivity index (χ1v) is 6.77. The Balaban J connectivity index is 1.62. The lowest BCUT2D eigenvalue weighted by Gasteiger charge is -2.21. The van der Waals surface area contributed by atoms with Gasteiger partial charge in [-0.3, -0.25) is 4.79 Å². The molecule has 1 N–H and O–H groups in total. The zero-order valence-electron chi connectivity index (χ0n) is 10.7. The zero-order valence-corrected chi connectivity index (χ0v) is 10.7. The first-order valence-electron chi connectivity index (χ1n) is 6.77. The van der Waals surface area contributed by atoms with E-state index in [1.54, 1.807) is 0 Å². The summed E-state index contributed by atoms with van der Waals surface area (Å²) in [7, 11) is 0. The molecule has 1 fully saturated rings. The second-order valence-corrected chi connectivity index (χ2v) is 4.82. The normalized spacial score (nSPS) is 16.4. The van der Waals surface area contributed by atoms with E-state index in [4.69, 9.17) is 4.74 Å². The van der Waals surface area contributed by atoms with E-state index >= 15 is 0 Å². The number of nitrogens with one attached hydrogen (secondary N) is 1. The molecule has 0 unspecified atom stereocenters. The van der Waals surface area contributed by atoms with E-state index in [2.05, 4.69) is 5.32 Å². The van der Waals surface area contributed by atoms with Gasteiger partial charge in [0.1, 0.15) is 0 Å². The van der Waals surface area contributed by atoms with Crippen LogP contribution >= 0.6 is 0 Å². The van der Waals surface area contributed by atoms with Crippen molar-refractivity contribution >= 4 is 5.91 Å². The number of amides is 1. The van der Waals surface area contributed by atoms with E-state index in [1.165, 1.54) is 19.3 Å². The van der Waals surface area contributed by atoms with Crippen molar-refractivity contribution in [2.75, 3.05) is 19.8 Å². The summed E-state index contributed by atoms with van der Waals surface area (Å²) < 4.78 is 5.33. The first-order chi connectivity index (χ1) is 8.86. The van der Waals surface area contributed by atoms with Crippen LogP contribution in [-0.2, 0) is 4.74 Å². The van der Waals surface area contributed by atoms with Gasteiger partial charge in [-0.2, -0.15) is 0 Å². The summed E-state index contributed by atoms with van der Waals surface area (Å²) in [6, 6.07) is 9.37. The highest BCUT2D eigenvalue weighted by atomic mass is 16.5. The number of ether oxygens (including phenoxy) is 1. The molecular weight excluding hydrogens is 226 g/mol. The van der Waals surface area contributed by atoms with Crippen LogP contribution in [-0.4, -0.2) is 25.7 Å². The molecule has 1 aliphatic rings. The van der Waals surface area contributed by atoms with E-state index in [9.17, 15) is 4.79 Å². The SMILES string of the molecule is O=C(NCCCC1CCOCC1)c1ccccc1. The molecule has 0 saturated carbocycles. The fraction of sp³-hybridized carbons (Fsp3) is 0.533. The van der Waals surface area contributed by atoms with Crippen molar-refractivity contribution < 1.29 is 9.53 Å². The van der Waals surface area contributed by atoms with Crippen LogP contribution in [0.2, 0.25) is 0 Å². The highest BCUT2D eigenvalue weighted by Gasteiger charge is 2.13. The molecular formula is C15H21NO2. The topological polar surface area (TPSA) is 38.3 Å². The smallest absolute Gasteiger partial charge is 0.251 e. The summed E-state index contributed by atoms with van der Waals surface area (Å²) in [4.78, 5) is 11.8. The van der Waals surface area contributed by atoms with E-state index in [0.717, 1.165) is 37.7 Å². The molecule has 3 heteroatoms. The maximum absolute atomic E-state index is 11.8. The summed E-state index contributed by atoms with van der Waals surface area (Å²) >= 11 is 0. The molecule has 0 radical (unpaired) electrons. The molecule has 1 aromatic carbocycles. The number of rotatable bonds is 5. The average molecular weight is 247 g/mol. The molecule has 1 aromatic rings. The third-order valence-corrected chi connectivity index (χ3v) is 3.45. The molecule has 0 aliphatic carbocycles.